The van der Waals surface area contributed by atoms with E-state index in [4.69, 9.17) is 17.8 Å². The second-order valence-electron chi connectivity index (χ2n) is 12.7. The molecule has 226 valence electrons. The number of halogens is 2. The van der Waals surface area contributed by atoms with Crippen LogP contribution in [0, 0.1) is 5.82 Å². The number of piperazine rings is 1. The van der Waals surface area contributed by atoms with Gasteiger partial charge in [-0.05, 0) is 63.3 Å². The van der Waals surface area contributed by atoms with E-state index in [-0.39, 0.29) is 28.5 Å². The molecule has 7 heterocycles. The molecule has 4 aromatic rings. The van der Waals surface area contributed by atoms with Gasteiger partial charge in [-0.15, -0.1) is 0 Å². The molecule has 4 fully saturated rings. The minimum atomic E-state index is -0.513. The molecule has 2 N–H and O–H groups in total. The second kappa shape index (κ2) is 10.7. The number of hydrogen-bond acceptors (Lipinski definition) is 9. The molecule has 0 aliphatic carbocycles. The van der Waals surface area contributed by atoms with Crippen molar-refractivity contribution < 1.29 is 17.3 Å². The second-order valence-corrected chi connectivity index (χ2v) is 13.3. The first kappa shape index (κ1) is 27.7. The molecular weight excluding hydrogens is 664 g/mol. The predicted octanol–water partition coefficient (Wildman–Crippen LogP) is 4.71. The number of pyridine rings is 1. The zero-order valence-electron chi connectivity index (χ0n) is 24.1. The molecule has 4 aliphatic rings. The van der Waals surface area contributed by atoms with Gasteiger partial charge in [0.15, 0.2) is 5.82 Å². The van der Waals surface area contributed by atoms with E-state index in [1.807, 2.05) is 46.9 Å². The van der Waals surface area contributed by atoms with Crippen molar-refractivity contribution >= 4 is 50.6 Å². The van der Waals surface area contributed by atoms with Crippen LogP contribution in [0.25, 0.3) is 33.1 Å². The highest BCUT2D eigenvalue weighted by atomic mass is 127. The summed E-state index contributed by atoms with van der Waals surface area (Å²) in [6, 6.07) is 6.46. The van der Waals surface area contributed by atoms with Gasteiger partial charge in [-0.25, -0.2) is 4.39 Å². The van der Waals surface area contributed by atoms with Gasteiger partial charge in [0.2, 0.25) is 0 Å². The highest BCUT2D eigenvalue weighted by molar-refractivity contribution is 14.1. The summed E-state index contributed by atoms with van der Waals surface area (Å²) in [5.74, 6) is 0.283. The molecule has 0 radical (unpaired) electrons. The zero-order chi connectivity index (χ0) is 29.3. The van der Waals surface area contributed by atoms with Crippen LogP contribution in [0.15, 0.2) is 30.6 Å². The highest BCUT2D eigenvalue weighted by Crippen LogP contribution is 2.43. The standard InChI is InChI=1S/C31H35FIN7O3/c1-38-15-24(22-11-21(41)5-6-25(22)38)27-26(32)28-23(12-34-27)29(39-13-18-3-4-19(14-39)35-18)37-30(36-28)42-17-31-8-2-10-40(31)20(7-9-31)16-43-33/h5-6,11-12,15,18-20,35,41H,2-4,7-10,13-14,16-17H2,1H3/t18?,19?,20-,31-/m1/s1. The number of phenolic OH excluding ortho intramolecular Hbond substituents is 1. The molecule has 4 aliphatic heterocycles. The van der Waals surface area contributed by atoms with Crippen molar-refractivity contribution in [2.75, 3.05) is 37.7 Å². The number of nitrogens with zero attached hydrogens (tertiary/aromatic N) is 6. The number of phenols is 1. The molecule has 0 spiro atoms. The van der Waals surface area contributed by atoms with Crippen molar-refractivity contribution in [3.8, 4) is 23.0 Å². The van der Waals surface area contributed by atoms with Crippen LogP contribution in [-0.4, -0.2) is 86.0 Å². The topological polar surface area (TPSA) is 101 Å². The van der Waals surface area contributed by atoms with Crippen molar-refractivity contribution in [3.63, 3.8) is 0 Å². The molecule has 2 unspecified atom stereocenters. The lowest BCUT2D eigenvalue weighted by molar-refractivity contribution is 0.0745. The van der Waals surface area contributed by atoms with E-state index in [0.717, 1.165) is 69.1 Å². The Morgan fingerprint density at radius 2 is 1.98 bits per heavy atom. The first-order chi connectivity index (χ1) is 20.9. The fourth-order valence-corrected chi connectivity index (χ4v) is 8.53. The van der Waals surface area contributed by atoms with Gasteiger partial charge in [0, 0.05) is 67.1 Å². The minimum absolute atomic E-state index is 0.0701. The Balaban J connectivity index is 1.21. The van der Waals surface area contributed by atoms with Gasteiger partial charge in [0.1, 0.15) is 52.4 Å². The largest absolute Gasteiger partial charge is 0.508 e. The third-order valence-electron chi connectivity index (χ3n) is 10.1. The number of fused-ring (bicyclic) bond motifs is 5. The normalized spacial score (nSPS) is 27.0. The van der Waals surface area contributed by atoms with Crippen LogP contribution in [0.5, 0.6) is 11.8 Å². The molecule has 12 heteroatoms. The number of ether oxygens (including phenoxy) is 1. The number of aromatic nitrogens is 4. The number of hydrogen-bond donors (Lipinski definition) is 2. The summed E-state index contributed by atoms with van der Waals surface area (Å²) in [6.45, 7) is 3.79. The number of rotatable bonds is 7. The van der Waals surface area contributed by atoms with Gasteiger partial charge in [0.25, 0.3) is 0 Å². The predicted molar refractivity (Wildman–Crippen MR) is 170 cm³/mol. The summed E-state index contributed by atoms with van der Waals surface area (Å²) in [4.78, 5) is 19.1. The van der Waals surface area contributed by atoms with Gasteiger partial charge in [0.05, 0.1) is 17.5 Å². The van der Waals surface area contributed by atoms with Crippen LogP contribution >= 0.6 is 23.0 Å². The van der Waals surface area contributed by atoms with Gasteiger partial charge in [-0.2, -0.15) is 9.97 Å². The van der Waals surface area contributed by atoms with E-state index in [1.54, 1.807) is 18.3 Å². The van der Waals surface area contributed by atoms with Crippen LogP contribution in [-0.2, 0) is 10.1 Å². The fraction of sp³-hybridized carbons (Fsp3) is 0.516. The lowest BCUT2D eigenvalue weighted by Crippen LogP contribution is -2.51. The van der Waals surface area contributed by atoms with Crippen molar-refractivity contribution in [1.29, 1.82) is 0 Å². The molecule has 10 nitrogen and oxygen atoms in total. The molecule has 2 bridgehead atoms. The van der Waals surface area contributed by atoms with Crippen molar-refractivity contribution in [2.24, 2.45) is 7.05 Å². The average Bonchev–Trinajstić information content (AvgIpc) is 3.75. The quantitative estimate of drug-likeness (QED) is 0.266. The first-order valence-corrected chi connectivity index (χ1v) is 16.1. The van der Waals surface area contributed by atoms with Gasteiger partial charge < -0.3 is 27.7 Å². The van der Waals surface area contributed by atoms with Gasteiger partial charge in [-0.1, -0.05) is 0 Å². The van der Waals surface area contributed by atoms with Crippen LogP contribution in [0.3, 0.4) is 0 Å². The summed E-state index contributed by atoms with van der Waals surface area (Å²) in [7, 11) is 1.90. The summed E-state index contributed by atoms with van der Waals surface area (Å²) >= 11 is 1.98. The van der Waals surface area contributed by atoms with E-state index >= 15 is 4.39 Å². The zero-order valence-corrected chi connectivity index (χ0v) is 26.3. The van der Waals surface area contributed by atoms with Crippen LogP contribution in [0.1, 0.15) is 38.5 Å². The van der Waals surface area contributed by atoms with Crippen LogP contribution in [0.2, 0.25) is 0 Å². The van der Waals surface area contributed by atoms with Crippen LogP contribution < -0.4 is 15.0 Å². The highest BCUT2D eigenvalue weighted by Gasteiger charge is 2.50. The van der Waals surface area contributed by atoms with Crippen molar-refractivity contribution in [3.05, 3.63) is 36.4 Å². The number of aryl methyl sites for hydroxylation is 1. The van der Waals surface area contributed by atoms with Gasteiger partial charge in [-0.3, -0.25) is 9.88 Å². The third kappa shape index (κ3) is 4.63. The molecule has 0 amide bonds. The number of benzene rings is 1. The molecule has 4 atom stereocenters. The number of aromatic hydroxyl groups is 1. The minimum Gasteiger partial charge on any atom is -0.508 e. The first-order valence-electron chi connectivity index (χ1n) is 15.2. The van der Waals surface area contributed by atoms with Crippen LogP contribution in [0.4, 0.5) is 10.2 Å². The summed E-state index contributed by atoms with van der Waals surface area (Å²) in [6.07, 6.45) is 10.1. The molecule has 1 aromatic carbocycles. The smallest absolute Gasteiger partial charge is 0.319 e. The Morgan fingerprint density at radius 1 is 1.14 bits per heavy atom. The summed E-state index contributed by atoms with van der Waals surface area (Å²) in [5.41, 5.74) is 1.81. The van der Waals surface area contributed by atoms with E-state index in [2.05, 4.69) is 20.1 Å². The fourth-order valence-electron chi connectivity index (χ4n) is 8.11. The molecule has 3 aromatic heterocycles. The SMILES string of the molecule is Cn1cc(-c2ncc3c(N4CC5CCC(C4)N5)nc(OC[C@]45CCCN4[C@@H](COI)CC5)nc3c2F)c2cc(O)ccc21. The maximum Gasteiger partial charge on any atom is 0.319 e. The maximum absolute atomic E-state index is 16.6. The lowest BCUT2D eigenvalue weighted by Gasteiger charge is -2.35. The lowest BCUT2D eigenvalue weighted by atomic mass is 9.95. The van der Waals surface area contributed by atoms with Crippen molar-refractivity contribution in [2.45, 2.75) is 62.2 Å². The monoisotopic (exact) mass is 699 g/mol. The van der Waals surface area contributed by atoms with Crippen molar-refractivity contribution in [1.82, 2.24) is 29.7 Å². The van der Waals surface area contributed by atoms with E-state index in [9.17, 15) is 5.11 Å². The molecule has 43 heavy (non-hydrogen) atoms. The Bertz CT molecular complexity index is 1710. The maximum atomic E-state index is 16.6. The van der Waals surface area contributed by atoms with E-state index < -0.39 is 5.82 Å². The van der Waals surface area contributed by atoms with E-state index in [1.165, 1.54) is 0 Å². The molecule has 4 saturated heterocycles. The summed E-state index contributed by atoms with van der Waals surface area (Å²) in [5, 5.41) is 15.2. The molecular formula is C31H35FIN7O3. The Kier molecular flexibility index (Phi) is 6.88. The third-order valence-corrected chi connectivity index (χ3v) is 10.5. The molecule has 0 saturated carbocycles. The Morgan fingerprint density at radius 3 is 2.79 bits per heavy atom. The van der Waals surface area contributed by atoms with E-state index in [0.29, 0.717) is 48.1 Å². The number of nitrogens with one attached hydrogen (secondary N) is 1. The van der Waals surface area contributed by atoms with Gasteiger partial charge >= 0.3 is 6.01 Å². The Labute approximate surface area is 263 Å². The average molecular weight is 700 g/mol. The molecule has 8 rings (SSSR count). The number of anilines is 1. The summed E-state index contributed by atoms with van der Waals surface area (Å²) < 4.78 is 30.5. The Hall–Kier alpha value is -2.81.